The van der Waals surface area contributed by atoms with E-state index in [0.29, 0.717) is 11.3 Å². The molecule has 1 aromatic rings. The Labute approximate surface area is 170 Å². The normalized spacial score (nSPS) is 25.5. The van der Waals surface area contributed by atoms with Gasteiger partial charge in [-0.2, -0.15) is 5.26 Å². The summed E-state index contributed by atoms with van der Waals surface area (Å²) in [7, 11) is 1.00. The van der Waals surface area contributed by atoms with Crippen molar-refractivity contribution in [2.24, 2.45) is 0 Å². The molecule has 2 aliphatic rings. The van der Waals surface area contributed by atoms with E-state index in [4.69, 9.17) is 9.84 Å². The highest BCUT2D eigenvalue weighted by atomic mass is 32.2. The minimum absolute atomic E-state index is 0.133. The highest BCUT2D eigenvalue weighted by Gasteiger charge is 2.29. The maximum Gasteiger partial charge on any atom is 0.171 e. The summed E-state index contributed by atoms with van der Waals surface area (Å²) >= 11 is 1.15. The Bertz CT molecular complexity index is 656. The van der Waals surface area contributed by atoms with Gasteiger partial charge >= 0.3 is 0 Å². The molecule has 0 spiro atoms. The fourth-order valence-electron chi connectivity index (χ4n) is 3.22. The molecule has 0 bridgehead atoms. The molecule has 2 aliphatic heterocycles. The quantitative estimate of drug-likeness (QED) is 0.433. The number of nitrogens with one attached hydrogen (secondary N) is 1. The van der Waals surface area contributed by atoms with Gasteiger partial charge in [0, 0.05) is 25.9 Å². The van der Waals surface area contributed by atoms with Crippen LogP contribution in [0.3, 0.4) is 0 Å². The van der Waals surface area contributed by atoms with Crippen LogP contribution >= 0.6 is 11.9 Å². The van der Waals surface area contributed by atoms with Gasteiger partial charge in [-0.3, -0.25) is 4.72 Å². The van der Waals surface area contributed by atoms with Gasteiger partial charge in [0.15, 0.2) is 6.29 Å². The third-order valence-electron chi connectivity index (χ3n) is 4.67. The van der Waals surface area contributed by atoms with E-state index in [1.54, 1.807) is 0 Å². The van der Waals surface area contributed by atoms with Crippen LogP contribution < -0.4 is 9.62 Å². The maximum absolute atomic E-state index is 9.80. The molecular formula is C20H29N3O4S. The van der Waals surface area contributed by atoms with Crippen molar-refractivity contribution in [3.63, 3.8) is 0 Å². The molecule has 3 unspecified atom stereocenters. The number of rotatable bonds is 5. The SMILES string of the molecule is CO.N#C/C(=C\c1ccc(N2CCCCC2)cc1)SNC1CC(O)COC1O. The molecule has 28 heavy (non-hydrogen) atoms. The number of hydrogen-bond acceptors (Lipinski definition) is 8. The van der Waals surface area contributed by atoms with Crippen molar-refractivity contribution >= 4 is 23.7 Å². The Morgan fingerprint density at radius 3 is 2.54 bits per heavy atom. The highest BCUT2D eigenvalue weighted by molar-refractivity contribution is 8.01. The molecule has 0 aromatic heterocycles. The molecule has 1 aromatic carbocycles. The number of ether oxygens (including phenoxy) is 1. The number of hydrogen-bond donors (Lipinski definition) is 4. The number of aliphatic hydroxyl groups excluding tert-OH is 3. The zero-order valence-electron chi connectivity index (χ0n) is 16.1. The minimum atomic E-state index is -0.977. The van der Waals surface area contributed by atoms with Gasteiger partial charge in [-0.15, -0.1) is 0 Å². The first-order valence-corrected chi connectivity index (χ1v) is 10.3. The number of aliphatic hydroxyl groups is 3. The van der Waals surface area contributed by atoms with Crippen molar-refractivity contribution in [2.45, 2.75) is 44.1 Å². The van der Waals surface area contributed by atoms with E-state index >= 15 is 0 Å². The second-order valence-corrected chi connectivity index (χ2v) is 7.58. The van der Waals surface area contributed by atoms with Crippen molar-refractivity contribution in [2.75, 3.05) is 31.7 Å². The lowest BCUT2D eigenvalue weighted by molar-refractivity contribution is -0.168. The zero-order chi connectivity index (χ0) is 20.4. The van der Waals surface area contributed by atoms with Crippen molar-refractivity contribution in [1.29, 1.82) is 5.26 Å². The number of benzene rings is 1. The predicted octanol–water partition coefficient (Wildman–Crippen LogP) is 1.86. The number of nitrogens with zero attached hydrogens (tertiary/aromatic N) is 2. The maximum atomic E-state index is 9.80. The number of allylic oxidation sites excluding steroid dienone is 1. The standard InChI is InChI=1S/C19H25N3O3S.CH4O/c20-12-17(26-21-18-11-16(23)13-25-19(18)24)10-14-4-6-15(7-5-14)22-8-2-1-3-9-22;1-2/h4-7,10,16,18-19,21,23-24H,1-3,8-9,11,13H2;2H,1H3/b17-10+;. The molecule has 8 heteroatoms. The molecule has 2 saturated heterocycles. The fourth-order valence-corrected chi connectivity index (χ4v) is 3.95. The predicted molar refractivity (Wildman–Crippen MR) is 111 cm³/mol. The Kier molecular flexibility index (Phi) is 9.78. The molecule has 7 nitrogen and oxygen atoms in total. The lowest BCUT2D eigenvalue weighted by Crippen LogP contribution is -2.46. The smallest absolute Gasteiger partial charge is 0.171 e. The Morgan fingerprint density at radius 2 is 1.89 bits per heavy atom. The van der Waals surface area contributed by atoms with Gasteiger partial charge in [0.2, 0.25) is 0 Å². The lowest BCUT2D eigenvalue weighted by atomic mass is 10.1. The van der Waals surface area contributed by atoms with Gasteiger partial charge in [0.05, 0.1) is 18.8 Å². The van der Waals surface area contributed by atoms with Crippen molar-refractivity contribution in [3.8, 4) is 6.07 Å². The molecule has 2 heterocycles. The second kappa shape index (κ2) is 12.1. The summed E-state index contributed by atoms with van der Waals surface area (Å²) in [6, 6.07) is 9.97. The fraction of sp³-hybridized carbons (Fsp3) is 0.550. The molecule has 0 saturated carbocycles. The average Bonchev–Trinajstić information content (AvgIpc) is 2.76. The number of nitriles is 1. The summed E-state index contributed by atoms with van der Waals surface area (Å²) in [5.41, 5.74) is 2.18. The Balaban J connectivity index is 0.00000136. The largest absolute Gasteiger partial charge is 0.400 e. The van der Waals surface area contributed by atoms with Crippen LogP contribution in [-0.4, -0.2) is 60.6 Å². The van der Waals surface area contributed by atoms with E-state index in [2.05, 4.69) is 27.8 Å². The van der Waals surface area contributed by atoms with Crippen LogP contribution in [-0.2, 0) is 4.74 Å². The third-order valence-corrected chi connectivity index (χ3v) is 5.52. The van der Waals surface area contributed by atoms with Gasteiger partial charge in [0.25, 0.3) is 0 Å². The van der Waals surface area contributed by atoms with E-state index in [0.717, 1.165) is 37.7 Å². The monoisotopic (exact) mass is 407 g/mol. The third kappa shape index (κ3) is 6.78. The first kappa shape index (κ1) is 22.7. The van der Waals surface area contributed by atoms with Crippen molar-refractivity contribution in [1.82, 2.24) is 4.72 Å². The Hall–Kier alpha value is -1.60. The van der Waals surface area contributed by atoms with Crippen LogP contribution in [0.4, 0.5) is 5.69 Å². The average molecular weight is 408 g/mol. The molecular weight excluding hydrogens is 378 g/mol. The molecule has 0 amide bonds. The van der Waals surface area contributed by atoms with Crippen LogP contribution in [0, 0.1) is 11.3 Å². The topological polar surface area (TPSA) is 109 Å². The summed E-state index contributed by atoms with van der Waals surface area (Å²) in [6.07, 6.45) is 4.41. The number of piperidine rings is 1. The van der Waals surface area contributed by atoms with Gasteiger partial charge in [-0.1, -0.05) is 12.1 Å². The summed E-state index contributed by atoms with van der Waals surface area (Å²) in [5, 5.41) is 35.8. The molecule has 0 aliphatic carbocycles. The lowest BCUT2D eigenvalue weighted by Gasteiger charge is -2.31. The second-order valence-electron chi connectivity index (χ2n) is 6.70. The van der Waals surface area contributed by atoms with E-state index in [1.807, 2.05) is 18.2 Å². The van der Waals surface area contributed by atoms with Crippen LogP contribution in [0.5, 0.6) is 0 Å². The summed E-state index contributed by atoms with van der Waals surface area (Å²) in [5.74, 6) is 0. The van der Waals surface area contributed by atoms with Crippen LogP contribution in [0.2, 0.25) is 0 Å². The first-order valence-electron chi connectivity index (χ1n) is 9.47. The molecule has 0 radical (unpaired) electrons. The van der Waals surface area contributed by atoms with E-state index in [9.17, 15) is 15.5 Å². The summed E-state index contributed by atoms with van der Waals surface area (Å²) in [4.78, 5) is 2.89. The molecule has 4 N–H and O–H groups in total. The van der Waals surface area contributed by atoms with Gasteiger partial charge in [-0.25, -0.2) is 0 Å². The molecule has 2 fully saturated rings. The molecule has 154 valence electrons. The first-order chi connectivity index (χ1) is 13.7. The summed E-state index contributed by atoms with van der Waals surface area (Å²) < 4.78 is 8.10. The van der Waals surface area contributed by atoms with Gasteiger partial charge in [-0.05, 0) is 61.4 Å². The zero-order valence-corrected chi connectivity index (χ0v) is 16.9. The van der Waals surface area contributed by atoms with E-state index in [1.165, 1.54) is 24.9 Å². The van der Waals surface area contributed by atoms with Gasteiger partial charge in [0.1, 0.15) is 11.0 Å². The van der Waals surface area contributed by atoms with Crippen molar-refractivity contribution in [3.05, 3.63) is 34.7 Å². The highest BCUT2D eigenvalue weighted by Crippen LogP contribution is 2.23. The van der Waals surface area contributed by atoms with Crippen LogP contribution in [0.25, 0.3) is 6.08 Å². The summed E-state index contributed by atoms with van der Waals surface area (Å²) in [6.45, 7) is 2.35. The minimum Gasteiger partial charge on any atom is -0.400 e. The van der Waals surface area contributed by atoms with Crippen LogP contribution in [0.1, 0.15) is 31.2 Å². The van der Waals surface area contributed by atoms with Crippen molar-refractivity contribution < 1.29 is 20.1 Å². The van der Waals surface area contributed by atoms with Gasteiger partial charge < -0.3 is 25.0 Å². The molecule has 3 rings (SSSR count). The van der Waals surface area contributed by atoms with E-state index < -0.39 is 18.4 Å². The molecule has 3 atom stereocenters. The van der Waals surface area contributed by atoms with E-state index in [-0.39, 0.29) is 6.61 Å². The Morgan fingerprint density at radius 1 is 1.21 bits per heavy atom. The van der Waals surface area contributed by atoms with Crippen LogP contribution in [0.15, 0.2) is 29.2 Å². The number of anilines is 1.